The van der Waals surface area contributed by atoms with Gasteiger partial charge in [-0.05, 0) is 31.5 Å². The highest BCUT2D eigenvalue weighted by atomic mass is 16.5. The molecule has 1 N–H and O–H groups in total. The molecule has 4 nitrogen and oxygen atoms in total. The SMILES string of the molecule is COc1ccc([C@H]2C(C(=O)c3ccccc3)=NNC2(C)C)cc1. The second-order valence-electron chi connectivity index (χ2n) is 6.23. The quantitative estimate of drug-likeness (QED) is 0.881. The second kappa shape index (κ2) is 5.88. The highest BCUT2D eigenvalue weighted by molar-refractivity contribution is 6.48. The maximum atomic E-state index is 12.8. The van der Waals surface area contributed by atoms with Gasteiger partial charge in [-0.2, -0.15) is 5.10 Å². The van der Waals surface area contributed by atoms with Crippen molar-refractivity contribution in [1.29, 1.82) is 0 Å². The van der Waals surface area contributed by atoms with Gasteiger partial charge in [0.1, 0.15) is 11.5 Å². The number of methoxy groups -OCH3 is 1. The lowest BCUT2D eigenvalue weighted by atomic mass is 9.78. The zero-order chi connectivity index (χ0) is 16.4. The predicted octanol–water partition coefficient (Wildman–Crippen LogP) is 3.40. The fourth-order valence-electron chi connectivity index (χ4n) is 2.97. The molecule has 2 aromatic carbocycles. The molecular formula is C19H20N2O2. The summed E-state index contributed by atoms with van der Waals surface area (Å²) in [6.45, 7) is 4.10. The fourth-order valence-corrected chi connectivity index (χ4v) is 2.97. The molecule has 4 heteroatoms. The van der Waals surface area contributed by atoms with Gasteiger partial charge in [-0.25, -0.2) is 0 Å². The number of hydrogen-bond acceptors (Lipinski definition) is 4. The van der Waals surface area contributed by atoms with Crippen molar-refractivity contribution >= 4 is 11.5 Å². The van der Waals surface area contributed by atoms with Gasteiger partial charge in [0, 0.05) is 5.56 Å². The van der Waals surface area contributed by atoms with Gasteiger partial charge < -0.3 is 10.2 Å². The van der Waals surface area contributed by atoms with E-state index >= 15 is 0 Å². The van der Waals surface area contributed by atoms with Crippen LogP contribution >= 0.6 is 0 Å². The number of rotatable bonds is 4. The Morgan fingerprint density at radius 2 is 1.74 bits per heavy atom. The highest BCUT2D eigenvalue weighted by Crippen LogP contribution is 2.35. The minimum atomic E-state index is -0.325. The molecular weight excluding hydrogens is 288 g/mol. The molecule has 1 aliphatic heterocycles. The maximum Gasteiger partial charge on any atom is 0.209 e. The number of ether oxygens (including phenoxy) is 1. The van der Waals surface area contributed by atoms with Crippen LogP contribution in [0.5, 0.6) is 5.75 Å². The first kappa shape index (κ1) is 15.3. The van der Waals surface area contributed by atoms with E-state index in [1.165, 1.54) is 0 Å². The molecule has 2 aromatic rings. The van der Waals surface area contributed by atoms with E-state index in [1.807, 2.05) is 54.6 Å². The number of benzene rings is 2. The number of nitrogens with one attached hydrogen (secondary N) is 1. The Bertz CT molecular complexity index is 734. The molecule has 0 aromatic heterocycles. The number of hydrazone groups is 1. The molecule has 0 amide bonds. The highest BCUT2D eigenvalue weighted by Gasteiger charge is 2.42. The summed E-state index contributed by atoms with van der Waals surface area (Å²) < 4.78 is 5.21. The van der Waals surface area contributed by atoms with Crippen LogP contribution in [0.3, 0.4) is 0 Å². The molecule has 0 unspecified atom stereocenters. The molecule has 3 rings (SSSR count). The Kier molecular flexibility index (Phi) is 3.90. The number of carbonyl (C=O) groups excluding carboxylic acids is 1. The molecule has 118 valence electrons. The molecule has 0 fully saturated rings. The van der Waals surface area contributed by atoms with Gasteiger partial charge in [-0.3, -0.25) is 4.79 Å². The van der Waals surface area contributed by atoms with Crippen LogP contribution in [0.15, 0.2) is 59.7 Å². The van der Waals surface area contributed by atoms with Crippen molar-refractivity contribution in [3.05, 3.63) is 65.7 Å². The average Bonchev–Trinajstić information content (AvgIpc) is 2.90. The smallest absolute Gasteiger partial charge is 0.209 e. The fraction of sp³-hybridized carbons (Fsp3) is 0.263. The van der Waals surface area contributed by atoms with Crippen LogP contribution in [-0.2, 0) is 0 Å². The summed E-state index contributed by atoms with van der Waals surface area (Å²) in [7, 11) is 1.64. The normalized spacial score (nSPS) is 18.9. The summed E-state index contributed by atoms with van der Waals surface area (Å²) in [5.74, 6) is 0.649. The molecule has 0 radical (unpaired) electrons. The largest absolute Gasteiger partial charge is 0.497 e. The van der Waals surface area contributed by atoms with Crippen molar-refractivity contribution in [2.75, 3.05) is 7.11 Å². The summed E-state index contributed by atoms with van der Waals surface area (Å²) in [5, 5.41) is 4.35. The van der Waals surface area contributed by atoms with Gasteiger partial charge in [0.15, 0.2) is 0 Å². The van der Waals surface area contributed by atoms with E-state index in [0.717, 1.165) is 11.3 Å². The first-order valence-corrected chi connectivity index (χ1v) is 7.61. The topological polar surface area (TPSA) is 50.7 Å². The maximum absolute atomic E-state index is 12.8. The third-order valence-corrected chi connectivity index (χ3v) is 4.18. The standard InChI is InChI=1S/C19H20N2O2/c1-19(2)16(13-9-11-15(23-3)12-10-13)17(20-21-19)18(22)14-7-5-4-6-8-14/h4-12,16,21H,1-3H3/t16-/m0/s1. The Morgan fingerprint density at radius 1 is 1.09 bits per heavy atom. The molecule has 1 atom stereocenters. The summed E-state index contributed by atoms with van der Waals surface area (Å²) >= 11 is 0. The molecule has 0 spiro atoms. The lowest BCUT2D eigenvalue weighted by molar-refractivity contribution is 0.106. The second-order valence-corrected chi connectivity index (χ2v) is 6.23. The van der Waals surface area contributed by atoms with E-state index in [0.29, 0.717) is 11.3 Å². The van der Waals surface area contributed by atoms with E-state index in [-0.39, 0.29) is 17.2 Å². The zero-order valence-corrected chi connectivity index (χ0v) is 13.5. The first-order chi connectivity index (χ1) is 11.0. The van der Waals surface area contributed by atoms with Crippen molar-refractivity contribution in [3.8, 4) is 5.75 Å². The Balaban J connectivity index is 1.97. The van der Waals surface area contributed by atoms with Gasteiger partial charge in [0.2, 0.25) is 5.78 Å². The predicted molar refractivity (Wildman–Crippen MR) is 91.2 cm³/mol. The van der Waals surface area contributed by atoms with Crippen molar-refractivity contribution in [3.63, 3.8) is 0 Å². The Hall–Kier alpha value is -2.62. The molecule has 23 heavy (non-hydrogen) atoms. The minimum Gasteiger partial charge on any atom is -0.497 e. The van der Waals surface area contributed by atoms with Crippen molar-refractivity contribution < 1.29 is 9.53 Å². The van der Waals surface area contributed by atoms with Crippen LogP contribution in [-0.4, -0.2) is 24.1 Å². The summed E-state index contributed by atoms with van der Waals surface area (Å²) in [6, 6.07) is 17.1. The monoisotopic (exact) mass is 308 g/mol. The average molecular weight is 308 g/mol. The van der Waals surface area contributed by atoms with Gasteiger partial charge in [-0.1, -0.05) is 42.5 Å². The van der Waals surface area contributed by atoms with E-state index in [1.54, 1.807) is 7.11 Å². The van der Waals surface area contributed by atoms with Crippen LogP contribution < -0.4 is 10.2 Å². The van der Waals surface area contributed by atoms with Crippen LogP contribution in [0.1, 0.15) is 35.7 Å². The summed E-state index contributed by atoms with van der Waals surface area (Å²) in [4.78, 5) is 12.8. The third-order valence-electron chi connectivity index (χ3n) is 4.18. The van der Waals surface area contributed by atoms with Crippen molar-refractivity contribution in [2.24, 2.45) is 5.10 Å². The van der Waals surface area contributed by atoms with E-state index in [2.05, 4.69) is 24.4 Å². The van der Waals surface area contributed by atoms with Gasteiger partial charge in [0.25, 0.3) is 0 Å². The van der Waals surface area contributed by atoms with Crippen LogP contribution in [0, 0.1) is 0 Å². The number of ketones is 1. The summed E-state index contributed by atoms with van der Waals surface area (Å²) in [5.41, 5.74) is 5.03. The Morgan fingerprint density at radius 3 is 2.35 bits per heavy atom. The van der Waals surface area contributed by atoms with Crippen molar-refractivity contribution in [1.82, 2.24) is 5.43 Å². The molecule has 1 aliphatic rings. The zero-order valence-electron chi connectivity index (χ0n) is 13.5. The van der Waals surface area contributed by atoms with Crippen LogP contribution in [0.25, 0.3) is 0 Å². The van der Waals surface area contributed by atoms with Gasteiger partial charge in [-0.15, -0.1) is 0 Å². The lowest BCUT2D eigenvalue weighted by Crippen LogP contribution is -2.39. The van der Waals surface area contributed by atoms with E-state index in [9.17, 15) is 4.79 Å². The third kappa shape index (κ3) is 2.84. The van der Waals surface area contributed by atoms with Gasteiger partial charge >= 0.3 is 0 Å². The molecule has 0 bridgehead atoms. The minimum absolute atomic E-state index is 0.0375. The van der Waals surface area contributed by atoms with Gasteiger partial charge in [0.05, 0.1) is 18.6 Å². The van der Waals surface area contributed by atoms with E-state index in [4.69, 9.17) is 4.74 Å². The number of carbonyl (C=O) groups is 1. The van der Waals surface area contributed by atoms with Crippen molar-refractivity contribution in [2.45, 2.75) is 25.3 Å². The molecule has 0 aliphatic carbocycles. The first-order valence-electron chi connectivity index (χ1n) is 7.61. The van der Waals surface area contributed by atoms with Crippen LogP contribution in [0.2, 0.25) is 0 Å². The lowest BCUT2D eigenvalue weighted by Gasteiger charge is -2.27. The number of hydrogen-bond donors (Lipinski definition) is 1. The van der Waals surface area contributed by atoms with E-state index < -0.39 is 0 Å². The number of nitrogens with zero attached hydrogens (tertiary/aromatic N) is 1. The number of Topliss-reactive ketones (excluding diaryl/α,β-unsaturated/α-hetero) is 1. The molecule has 1 heterocycles. The molecule has 0 saturated carbocycles. The van der Waals surface area contributed by atoms with Crippen LogP contribution in [0.4, 0.5) is 0 Å². The molecule has 0 saturated heterocycles. The Labute approximate surface area is 136 Å². The summed E-state index contributed by atoms with van der Waals surface area (Å²) in [6.07, 6.45) is 0.